The molecule has 1 amide bonds. The lowest BCUT2D eigenvalue weighted by Crippen LogP contribution is -2.45. The third-order valence-electron chi connectivity index (χ3n) is 3.55. The number of aliphatic hydroxyl groups is 1. The maximum Gasteiger partial charge on any atom is 0.381 e. The number of imidazole rings is 1. The third kappa shape index (κ3) is 3.32. The Bertz CT molecular complexity index is 488. The van der Waals surface area contributed by atoms with Gasteiger partial charge in [0, 0.05) is 19.5 Å². The van der Waals surface area contributed by atoms with Crippen molar-refractivity contribution < 1.29 is 14.8 Å². The Hall–Kier alpha value is -1.96. The summed E-state index contributed by atoms with van der Waals surface area (Å²) in [5.41, 5.74) is 0. The highest BCUT2D eigenvalue weighted by Crippen LogP contribution is 2.18. The second kappa shape index (κ2) is 6.47. The van der Waals surface area contributed by atoms with Gasteiger partial charge in [0.1, 0.15) is 6.20 Å². The average molecular weight is 282 g/mol. The van der Waals surface area contributed by atoms with Crippen molar-refractivity contribution in [2.24, 2.45) is 0 Å². The molecule has 1 fully saturated rings. The number of likely N-dealkylation sites (tertiary alicyclic amines) is 1. The maximum absolute atomic E-state index is 12.1. The summed E-state index contributed by atoms with van der Waals surface area (Å²) in [6.07, 6.45) is 5.74. The van der Waals surface area contributed by atoms with Crippen molar-refractivity contribution >= 4 is 11.7 Å². The summed E-state index contributed by atoms with van der Waals surface area (Å²) in [7, 11) is 0. The van der Waals surface area contributed by atoms with Crippen molar-refractivity contribution in [1.29, 1.82) is 0 Å². The van der Waals surface area contributed by atoms with E-state index in [0.29, 0.717) is 13.1 Å². The van der Waals surface area contributed by atoms with Crippen LogP contribution in [0.1, 0.15) is 25.7 Å². The van der Waals surface area contributed by atoms with Gasteiger partial charge in [0.05, 0.1) is 12.6 Å². The van der Waals surface area contributed by atoms with E-state index in [1.54, 1.807) is 4.90 Å². The lowest BCUT2D eigenvalue weighted by Gasteiger charge is -2.34. The highest BCUT2D eigenvalue weighted by molar-refractivity contribution is 5.76. The number of piperidine rings is 1. The Labute approximate surface area is 116 Å². The molecule has 1 aromatic rings. The largest absolute Gasteiger partial charge is 0.394 e. The van der Waals surface area contributed by atoms with Crippen LogP contribution in [0, 0.1) is 10.1 Å². The van der Waals surface area contributed by atoms with Crippen LogP contribution in [0.3, 0.4) is 0 Å². The van der Waals surface area contributed by atoms with Crippen molar-refractivity contribution in [3.8, 4) is 0 Å². The van der Waals surface area contributed by atoms with Crippen LogP contribution >= 0.6 is 0 Å². The summed E-state index contributed by atoms with van der Waals surface area (Å²) < 4.78 is 1.54. The van der Waals surface area contributed by atoms with E-state index in [4.69, 9.17) is 0 Å². The number of aromatic nitrogens is 2. The molecule has 2 heterocycles. The fourth-order valence-corrected chi connectivity index (χ4v) is 2.45. The van der Waals surface area contributed by atoms with E-state index in [-0.39, 0.29) is 30.8 Å². The molecule has 0 spiro atoms. The van der Waals surface area contributed by atoms with Gasteiger partial charge in [-0.3, -0.25) is 4.79 Å². The van der Waals surface area contributed by atoms with Gasteiger partial charge in [0.15, 0.2) is 0 Å². The number of rotatable bonds is 5. The monoisotopic (exact) mass is 282 g/mol. The minimum absolute atomic E-state index is 0.0116. The predicted molar refractivity (Wildman–Crippen MR) is 69.9 cm³/mol. The molecule has 0 radical (unpaired) electrons. The SMILES string of the molecule is O=C(CCn1cnc([N+](=O)[O-])c1)N1CCCCC1CO. The highest BCUT2D eigenvalue weighted by Gasteiger charge is 2.25. The molecular weight excluding hydrogens is 264 g/mol. The molecule has 1 aromatic heterocycles. The number of carbonyl (C=O) groups is 1. The van der Waals surface area contributed by atoms with Crippen LogP contribution in [0.4, 0.5) is 5.82 Å². The van der Waals surface area contributed by atoms with E-state index in [1.165, 1.54) is 17.1 Å². The van der Waals surface area contributed by atoms with Gasteiger partial charge >= 0.3 is 5.82 Å². The minimum atomic E-state index is -0.565. The lowest BCUT2D eigenvalue weighted by atomic mass is 10.0. The summed E-state index contributed by atoms with van der Waals surface area (Å²) in [4.78, 5) is 27.4. The first-order valence-corrected chi connectivity index (χ1v) is 6.68. The highest BCUT2D eigenvalue weighted by atomic mass is 16.6. The van der Waals surface area contributed by atoms with Crippen LogP contribution in [-0.4, -0.2) is 49.6 Å². The summed E-state index contributed by atoms with van der Waals surface area (Å²) in [5.74, 6) is -0.247. The van der Waals surface area contributed by atoms with Gasteiger partial charge in [0.2, 0.25) is 12.2 Å². The van der Waals surface area contributed by atoms with Crippen LogP contribution in [0.2, 0.25) is 0 Å². The van der Waals surface area contributed by atoms with Gasteiger partial charge in [-0.2, -0.15) is 0 Å². The number of hydrogen-bond acceptors (Lipinski definition) is 5. The van der Waals surface area contributed by atoms with E-state index in [1.807, 2.05) is 0 Å². The summed E-state index contributed by atoms with van der Waals surface area (Å²) >= 11 is 0. The number of hydrogen-bond donors (Lipinski definition) is 1. The smallest absolute Gasteiger partial charge is 0.381 e. The van der Waals surface area contributed by atoms with Gasteiger partial charge in [-0.05, 0) is 29.2 Å². The van der Waals surface area contributed by atoms with Crippen molar-refractivity contribution in [3.05, 3.63) is 22.6 Å². The van der Waals surface area contributed by atoms with Gasteiger partial charge in [0.25, 0.3) is 0 Å². The summed E-state index contributed by atoms with van der Waals surface area (Å²) in [6, 6.07) is -0.0895. The number of nitro groups is 1. The topological polar surface area (TPSA) is 102 Å². The Morgan fingerprint density at radius 2 is 2.35 bits per heavy atom. The second-order valence-corrected chi connectivity index (χ2v) is 4.90. The molecule has 0 saturated carbocycles. The molecule has 0 bridgehead atoms. The molecule has 8 nitrogen and oxygen atoms in total. The van der Waals surface area contributed by atoms with E-state index in [0.717, 1.165) is 19.3 Å². The molecule has 0 aliphatic carbocycles. The first-order valence-electron chi connectivity index (χ1n) is 6.68. The van der Waals surface area contributed by atoms with Crippen LogP contribution in [0.15, 0.2) is 12.5 Å². The van der Waals surface area contributed by atoms with Gasteiger partial charge in [-0.1, -0.05) is 0 Å². The van der Waals surface area contributed by atoms with E-state index in [2.05, 4.69) is 4.98 Å². The molecule has 8 heteroatoms. The second-order valence-electron chi connectivity index (χ2n) is 4.90. The first-order chi connectivity index (χ1) is 9.61. The van der Waals surface area contributed by atoms with Crippen LogP contribution in [0.5, 0.6) is 0 Å². The Morgan fingerprint density at radius 1 is 1.55 bits per heavy atom. The van der Waals surface area contributed by atoms with Crippen molar-refractivity contribution in [2.45, 2.75) is 38.3 Å². The quantitative estimate of drug-likeness (QED) is 0.628. The summed E-state index contributed by atoms with van der Waals surface area (Å²) in [5, 5.41) is 19.8. The molecule has 0 aromatic carbocycles. The molecule has 2 rings (SSSR count). The molecule has 1 aliphatic rings. The van der Waals surface area contributed by atoms with E-state index < -0.39 is 4.92 Å². The number of aryl methyl sites for hydroxylation is 1. The van der Waals surface area contributed by atoms with Gasteiger partial charge in [-0.25, -0.2) is 0 Å². The summed E-state index contributed by atoms with van der Waals surface area (Å²) in [6.45, 7) is 1.02. The molecule has 1 aliphatic heterocycles. The lowest BCUT2D eigenvalue weighted by molar-refractivity contribution is -0.389. The Kier molecular flexibility index (Phi) is 4.67. The predicted octanol–water partition coefficient (Wildman–Crippen LogP) is 0.555. The van der Waals surface area contributed by atoms with Crippen molar-refractivity contribution in [1.82, 2.24) is 14.5 Å². The van der Waals surface area contributed by atoms with E-state index >= 15 is 0 Å². The third-order valence-corrected chi connectivity index (χ3v) is 3.55. The zero-order valence-electron chi connectivity index (χ0n) is 11.1. The fraction of sp³-hybridized carbons (Fsp3) is 0.667. The maximum atomic E-state index is 12.1. The molecule has 1 atom stereocenters. The van der Waals surface area contributed by atoms with Crippen molar-refractivity contribution in [2.75, 3.05) is 13.2 Å². The Balaban J connectivity index is 1.88. The number of carbonyl (C=O) groups excluding carboxylic acids is 1. The van der Waals surface area contributed by atoms with Crippen LogP contribution in [-0.2, 0) is 11.3 Å². The van der Waals surface area contributed by atoms with Gasteiger partial charge in [-0.15, -0.1) is 0 Å². The minimum Gasteiger partial charge on any atom is -0.394 e. The molecule has 1 N–H and O–H groups in total. The van der Waals surface area contributed by atoms with E-state index in [9.17, 15) is 20.0 Å². The van der Waals surface area contributed by atoms with Crippen LogP contribution < -0.4 is 0 Å². The molecule has 1 unspecified atom stereocenters. The Morgan fingerprint density at radius 3 is 3.00 bits per heavy atom. The molecule has 110 valence electrons. The molecule has 20 heavy (non-hydrogen) atoms. The number of nitrogens with zero attached hydrogens (tertiary/aromatic N) is 4. The zero-order chi connectivity index (χ0) is 14.5. The first kappa shape index (κ1) is 14.4. The average Bonchev–Trinajstić information content (AvgIpc) is 2.94. The van der Waals surface area contributed by atoms with Crippen molar-refractivity contribution in [3.63, 3.8) is 0 Å². The molecule has 1 saturated heterocycles. The standard InChI is InChI=1S/C12H18N4O4/c17-8-10-3-1-2-5-15(10)12(18)4-6-14-7-11(13-9-14)16(19)20/h7,9-10,17H,1-6,8H2. The van der Waals surface area contributed by atoms with Gasteiger partial charge < -0.3 is 24.7 Å². The fourth-order valence-electron chi connectivity index (χ4n) is 2.45. The van der Waals surface area contributed by atoms with Crippen LogP contribution in [0.25, 0.3) is 0 Å². The number of aliphatic hydroxyl groups excluding tert-OH is 1. The molecular formula is C12H18N4O4. The number of amides is 1. The normalized spacial score (nSPS) is 19.1. The zero-order valence-corrected chi connectivity index (χ0v) is 11.1.